The normalized spacial score (nSPS) is 10.5. The number of imidazole rings is 2. The SMILES string of the molecule is C.C#Cc1ccc(Nc2nc(Nc3c(Cl)cc(/C=C/C#N)cc3Cl)c3[nH]cnc3n2)cc1.Cc1cc(/C=C/C#N)cc(Cl)c1Nc1nc(Nc2ccc(C#N)cc2)nc2nc[nH]c12. The van der Waals surface area contributed by atoms with Gasteiger partial charge in [0.1, 0.15) is 11.0 Å². The molecule has 0 aliphatic heterocycles. The standard InChI is InChI=1S/C22H13Cl2N7.C22H15ClN8.CH4/c1-2-13-5-7-15(8-6-13)28-22-30-20-19(26-12-27-20)21(31-22)29-18-16(23)10-14(4-3-9-25)11-17(18)24;1-13-9-15(3-2-8-24)10-17(23)18(13)29-21-19-20(27-12-26-19)30-22(31-21)28-16-6-4-14(11-25)5-7-16;/h1,3-8,10-12H,(H3,26,27,28,29,30,31);2-7,9-10,12H,1H3,(H3,26,27,28,29,30,31);1H4/b4-3+;3-2+;. The summed E-state index contributed by atoms with van der Waals surface area (Å²) in [4.78, 5) is 32.5. The van der Waals surface area contributed by atoms with Crippen LogP contribution in [-0.4, -0.2) is 39.9 Å². The van der Waals surface area contributed by atoms with E-state index in [1.165, 1.54) is 18.5 Å². The summed E-state index contributed by atoms with van der Waals surface area (Å²) < 4.78 is 0. The zero-order chi connectivity index (χ0) is 43.6. The summed E-state index contributed by atoms with van der Waals surface area (Å²) in [6, 6.07) is 27.3. The number of nitrogens with one attached hydrogen (secondary N) is 6. The Kier molecular flexibility index (Phi) is 14.2. The lowest BCUT2D eigenvalue weighted by molar-refractivity contribution is 1.19. The quantitative estimate of drug-likeness (QED) is 0.0555. The molecule has 0 atom stereocenters. The van der Waals surface area contributed by atoms with Crippen LogP contribution in [0.25, 0.3) is 34.5 Å². The second-order valence-electron chi connectivity index (χ2n) is 12.9. The molecule has 4 aromatic carbocycles. The second kappa shape index (κ2) is 20.2. The molecule has 0 radical (unpaired) electrons. The van der Waals surface area contributed by atoms with Crippen molar-refractivity contribution in [1.29, 1.82) is 15.8 Å². The topological polar surface area (TPSA) is 228 Å². The summed E-state index contributed by atoms with van der Waals surface area (Å²) in [7, 11) is 0. The van der Waals surface area contributed by atoms with Gasteiger partial charge in [-0.15, -0.1) is 6.42 Å². The number of nitrogens with zero attached hydrogens (tertiary/aromatic N) is 9. The van der Waals surface area contributed by atoms with Crippen molar-refractivity contribution >= 4 is 116 Å². The summed E-state index contributed by atoms with van der Waals surface area (Å²) in [5, 5.41) is 40.3. The predicted octanol–water partition coefficient (Wildman–Crippen LogP) is 11.5. The average molecular weight is 889 g/mol. The largest absolute Gasteiger partial charge is 0.340 e. The van der Waals surface area contributed by atoms with Gasteiger partial charge in [-0.1, -0.05) is 48.1 Å². The van der Waals surface area contributed by atoms with Gasteiger partial charge >= 0.3 is 0 Å². The number of aromatic amines is 2. The first-order chi connectivity index (χ1) is 30.1. The Morgan fingerprint density at radius 3 is 1.49 bits per heavy atom. The third-order valence-electron chi connectivity index (χ3n) is 8.71. The highest BCUT2D eigenvalue weighted by Crippen LogP contribution is 2.36. The van der Waals surface area contributed by atoms with Crippen LogP contribution in [0.4, 0.5) is 46.3 Å². The fourth-order valence-electron chi connectivity index (χ4n) is 5.83. The summed E-state index contributed by atoms with van der Waals surface area (Å²) in [6.07, 6.45) is 14.5. The third kappa shape index (κ3) is 10.7. The number of hydrogen-bond donors (Lipinski definition) is 6. The molecule has 0 spiro atoms. The van der Waals surface area contributed by atoms with Gasteiger partial charge in [-0.2, -0.15) is 35.7 Å². The van der Waals surface area contributed by atoms with E-state index in [1.807, 2.05) is 49.4 Å². The molecule has 0 saturated carbocycles. The second-order valence-corrected chi connectivity index (χ2v) is 14.1. The minimum Gasteiger partial charge on any atom is -0.340 e. The van der Waals surface area contributed by atoms with Gasteiger partial charge in [-0.25, -0.2) is 9.97 Å². The Balaban J connectivity index is 0.000000206. The van der Waals surface area contributed by atoms with Gasteiger partial charge in [0.15, 0.2) is 22.9 Å². The number of H-pyrrole nitrogens is 2. The Labute approximate surface area is 376 Å². The van der Waals surface area contributed by atoms with Crippen LogP contribution in [0.5, 0.6) is 0 Å². The lowest BCUT2D eigenvalue weighted by atomic mass is 10.1. The van der Waals surface area contributed by atoms with E-state index in [4.69, 9.17) is 57.0 Å². The number of fused-ring (bicyclic) bond motifs is 2. The van der Waals surface area contributed by atoms with Crippen molar-refractivity contribution in [3.8, 4) is 30.6 Å². The number of nitriles is 3. The molecule has 0 fully saturated rings. The maximum Gasteiger partial charge on any atom is 0.231 e. The highest BCUT2D eigenvalue weighted by Gasteiger charge is 2.16. The van der Waals surface area contributed by atoms with Crippen LogP contribution in [0.2, 0.25) is 15.1 Å². The van der Waals surface area contributed by atoms with Crippen LogP contribution in [0.1, 0.15) is 35.2 Å². The number of hydrogen-bond acceptors (Lipinski definition) is 13. The van der Waals surface area contributed by atoms with E-state index in [9.17, 15) is 0 Å². The molecule has 308 valence electrons. The van der Waals surface area contributed by atoms with Gasteiger partial charge in [0.2, 0.25) is 11.9 Å². The van der Waals surface area contributed by atoms with Crippen LogP contribution >= 0.6 is 34.8 Å². The summed E-state index contributed by atoms with van der Waals surface area (Å²) in [5.41, 5.74) is 8.58. The molecule has 63 heavy (non-hydrogen) atoms. The molecule has 0 bridgehead atoms. The molecular formula is C45H32Cl3N15. The number of rotatable bonds is 10. The first-order valence-electron chi connectivity index (χ1n) is 18.1. The monoisotopic (exact) mass is 887 g/mol. The first kappa shape index (κ1) is 44.1. The fourth-order valence-corrected chi connectivity index (χ4v) is 6.75. The predicted molar refractivity (Wildman–Crippen MR) is 251 cm³/mol. The van der Waals surface area contributed by atoms with E-state index in [0.717, 1.165) is 28.1 Å². The third-order valence-corrected chi connectivity index (χ3v) is 9.61. The van der Waals surface area contributed by atoms with E-state index in [2.05, 4.69) is 73.1 Å². The lowest BCUT2D eigenvalue weighted by Crippen LogP contribution is -2.03. The Morgan fingerprint density at radius 1 is 0.603 bits per heavy atom. The van der Waals surface area contributed by atoms with Gasteiger partial charge in [-0.05, 0) is 109 Å². The molecule has 18 heteroatoms. The van der Waals surface area contributed by atoms with E-state index in [1.54, 1.807) is 60.9 Å². The molecule has 6 N–H and O–H groups in total. The molecule has 4 heterocycles. The summed E-state index contributed by atoms with van der Waals surface area (Å²) in [5.74, 6) is 4.19. The highest BCUT2D eigenvalue weighted by atomic mass is 35.5. The van der Waals surface area contributed by atoms with Crippen molar-refractivity contribution in [2.24, 2.45) is 0 Å². The number of anilines is 8. The number of aromatic nitrogens is 8. The van der Waals surface area contributed by atoms with Crippen LogP contribution in [0, 0.1) is 53.3 Å². The lowest BCUT2D eigenvalue weighted by Gasteiger charge is -2.14. The highest BCUT2D eigenvalue weighted by molar-refractivity contribution is 6.39. The molecule has 8 aromatic rings. The van der Waals surface area contributed by atoms with Crippen molar-refractivity contribution in [3.63, 3.8) is 0 Å². The van der Waals surface area contributed by atoms with Crippen molar-refractivity contribution in [1.82, 2.24) is 39.9 Å². The van der Waals surface area contributed by atoms with Crippen LogP contribution in [-0.2, 0) is 0 Å². The minimum atomic E-state index is 0. The van der Waals surface area contributed by atoms with Crippen LogP contribution in [0.3, 0.4) is 0 Å². The first-order valence-corrected chi connectivity index (χ1v) is 19.3. The fraction of sp³-hybridized carbons (Fsp3) is 0.0444. The summed E-state index contributed by atoms with van der Waals surface area (Å²) in [6.45, 7) is 1.92. The zero-order valence-electron chi connectivity index (χ0n) is 32.1. The molecule has 4 aromatic heterocycles. The zero-order valence-corrected chi connectivity index (χ0v) is 34.4. The molecule has 0 unspecified atom stereocenters. The molecule has 0 aliphatic carbocycles. The molecule has 0 amide bonds. The van der Waals surface area contributed by atoms with Gasteiger partial charge in [-0.3, -0.25) is 0 Å². The van der Waals surface area contributed by atoms with Gasteiger partial charge < -0.3 is 31.2 Å². The average Bonchev–Trinajstić information content (AvgIpc) is 3.96. The maximum atomic E-state index is 8.95. The van der Waals surface area contributed by atoms with E-state index in [0.29, 0.717) is 83.4 Å². The van der Waals surface area contributed by atoms with Crippen molar-refractivity contribution in [3.05, 3.63) is 140 Å². The maximum absolute atomic E-state index is 8.95. The molecule has 0 aliphatic rings. The number of terminal acetylenes is 1. The van der Waals surface area contributed by atoms with Crippen LogP contribution < -0.4 is 21.3 Å². The number of halogens is 3. The van der Waals surface area contributed by atoms with Crippen molar-refractivity contribution in [2.45, 2.75) is 14.4 Å². The Bertz CT molecular complexity index is 2920. The Hall–Kier alpha value is -8.44. The minimum absolute atomic E-state index is 0. The molecular weight excluding hydrogens is 857 g/mol. The van der Waals surface area contributed by atoms with E-state index >= 15 is 0 Å². The molecule has 8 rings (SSSR count). The van der Waals surface area contributed by atoms with Crippen LogP contribution in [0.15, 0.2) is 97.6 Å². The number of allylic oxidation sites excluding steroid dienone is 2. The number of benzene rings is 4. The van der Waals surface area contributed by atoms with E-state index in [-0.39, 0.29) is 7.43 Å². The number of aryl methyl sites for hydroxylation is 1. The van der Waals surface area contributed by atoms with Gasteiger partial charge in [0.25, 0.3) is 0 Å². The van der Waals surface area contributed by atoms with E-state index < -0.39 is 0 Å². The molecule has 0 saturated heterocycles. The molecule has 15 nitrogen and oxygen atoms in total. The smallest absolute Gasteiger partial charge is 0.231 e. The van der Waals surface area contributed by atoms with Gasteiger partial charge in [0, 0.05) is 29.1 Å². The van der Waals surface area contributed by atoms with Crippen molar-refractivity contribution < 1.29 is 0 Å². The van der Waals surface area contributed by atoms with Crippen molar-refractivity contribution in [2.75, 3.05) is 21.3 Å². The summed E-state index contributed by atoms with van der Waals surface area (Å²) >= 11 is 19.3. The Morgan fingerprint density at radius 2 is 1.05 bits per heavy atom. The van der Waals surface area contributed by atoms with Gasteiger partial charge in [0.05, 0.1) is 62.9 Å².